The molecule has 1 unspecified atom stereocenters. The molecule has 0 spiro atoms. The number of nitrogens with zero attached hydrogens (tertiary/aromatic N) is 2. The lowest BCUT2D eigenvalue weighted by atomic mass is 10.2. The molecule has 1 atom stereocenters. The maximum Gasteiger partial charge on any atom is 0.260 e. The third-order valence-corrected chi connectivity index (χ3v) is 3.38. The average molecular weight is 293 g/mol. The van der Waals surface area contributed by atoms with Crippen molar-refractivity contribution in [2.75, 3.05) is 13.7 Å². The fourth-order valence-corrected chi connectivity index (χ4v) is 1.96. The highest BCUT2D eigenvalue weighted by Crippen LogP contribution is 2.17. The zero-order valence-corrected chi connectivity index (χ0v) is 12.7. The Labute approximate surface area is 125 Å². The first-order valence-corrected chi connectivity index (χ1v) is 6.96. The van der Waals surface area contributed by atoms with Gasteiger partial charge in [0, 0.05) is 13.1 Å². The number of amidine groups is 1. The van der Waals surface area contributed by atoms with E-state index in [9.17, 15) is 4.79 Å². The summed E-state index contributed by atoms with van der Waals surface area (Å²) in [5, 5.41) is 11.7. The molecule has 0 saturated carbocycles. The van der Waals surface area contributed by atoms with E-state index in [-0.39, 0.29) is 24.4 Å². The molecule has 0 fully saturated rings. The molecule has 21 heavy (non-hydrogen) atoms. The minimum absolute atomic E-state index is 0.0502. The molecule has 6 nitrogen and oxygen atoms in total. The highest BCUT2D eigenvalue weighted by Gasteiger charge is 2.16. The van der Waals surface area contributed by atoms with Crippen LogP contribution in [-0.2, 0) is 4.79 Å². The van der Waals surface area contributed by atoms with Gasteiger partial charge in [0.25, 0.3) is 5.91 Å². The molecule has 0 heterocycles. The Morgan fingerprint density at radius 2 is 2.14 bits per heavy atom. The lowest BCUT2D eigenvalue weighted by Crippen LogP contribution is -2.38. The molecule has 0 saturated heterocycles. The highest BCUT2D eigenvalue weighted by atomic mass is 16.5. The molecule has 0 bridgehead atoms. The van der Waals surface area contributed by atoms with Crippen molar-refractivity contribution in [1.29, 1.82) is 0 Å². The van der Waals surface area contributed by atoms with E-state index in [4.69, 9.17) is 15.7 Å². The van der Waals surface area contributed by atoms with Crippen LogP contribution in [0.4, 0.5) is 0 Å². The SMILES string of the molecule is CCCC(C)N(C)C(=O)COc1ccccc1/C(N)=N/O. The first-order chi connectivity index (χ1) is 10.0. The fourth-order valence-electron chi connectivity index (χ4n) is 1.96. The average Bonchev–Trinajstić information content (AvgIpc) is 2.51. The van der Waals surface area contributed by atoms with Gasteiger partial charge in [-0.15, -0.1) is 0 Å². The monoisotopic (exact) mass is 293 g/mol. The van der Waals surface area contributed by atoms with Gasteiger partial charge in [0.2, 0.25) is 0 Å². The summed E-state index contributed by atoms with van der Waals surface area (Å²) in [5.41, 5.74) is 6.03. The standard InChI is InChI=1S/C15H23N3O3/c1-4-7-11(2)18(3)14(19)10-21-13-9-6-5-8-12(13)15(16)17-20/h5-6,8-9,11,20H,4,7,10H2,1-3H3,(H2,16,17). The zero-order valence-electron chi connectivity index (χ0n) is 12.7. The van der Waals surface area contributed by atoms with Gasteiger partial charge in [-0.2, -0.15) is 0 Å². The van der Waals surface area contributed by atoms with Crippen molar-refractivity contribution in [3.8, 4) is 5.75 Å². The largest absolute Gasteiger partial charge is 0.483 e. The molecular formula is C15H23N3O3. The van der Waals surface area contributed by atoms with E-state index in [0.717, 1.165) is 12.8 Å². The molecule has 1 aromatic carbocycles. The molecular weight excluding hydrogens is 270 g/mol. The summed E-state index contributed by atoms with van der Waals surface area (Å²) in [4.78, 5) is 13.7. The van der Waals surface area contributed by atoms with Crippen molar-refractivity contribution >= 4 is 11.7 Å². The summed E-state index contributed by atoms with van der Waals surface area (Å²) >= 11 is 0. The molecule has 116 valence electrons. The number of carbonyl (C=O) groups excluding carboxylic acids is 1. The molecule has 1 rings (SSSR count). The second-order valence-electron chi connectivity index (χ2n) is 4.91. The van der Waals surface area contributed by atoms with Gasteiger partial charge in [-0.1, -0.05) is 30.6 Å². The van der Waals surface area contributed by atoms with Gasteiger partial charge in [0.15, 0.2) is 12.4 Å². The third kappa shape index (κ3) is 4.66. The summed E-state index contributed by atoms with van der Waals surface area (Å²) in [6, 6.07) is 7.02. The van der Waals surface area contributed by atoms with Gasteiger partial charge in [-0.3, -0.25) is 4.79 Å². The van der Waals surface area contributed by atoms with Crippen LogP contribution in [0.3, 0.4) is 0 Å². The minimum Gasteiger partial charge on any atom is -0.483 e. The maximum atomic E-state index is 12.1. The van der Waals surface area contributed by atoms with E-state index >= 15 is 0 Å². The van der Waals surface area contributed by atoms with E-state index in [2.05, 4.69) is 12.1 Å². The lowest BCUT2D eigenvalue weighted by Gasteiger charge is -2.24. The number of likely N-dealkylation sites (N-methyl/N-ethyl adjacent to an activating group) is 1. The summed E-state index contributed by atoms with van der Waals surface area (Å²) in [6.45, 7) is 4.00. The molecule has 0 aromatic heterocycles. The van der Waals surface area contributed by atoms with Crippen LogP contribution < -0.4 is 10.5 Å². The topological polar surface area (TPSA) is 88.2 Å². The molecule has 1 aromatic rings. The Kier molecular flexibility index (Phi) is 6.52. The van der Waals surface area contributed by atoms with Crippen molar-refractivity contribution in [3.05, 3.63) is 29.8 Å². The second-order valence-corrected chi connectivity index (χ2v) is 4.91. The van der Waals surface area contributed by atoms with E-state index < -0.39 is 0 Å². The second kappa shape index (κ2) is 8.14. The number of carbonyl (C=O) groups is 1. The number of benzene rings is 1. The van der Waals surface area contributed by atoms with Crippen LogP contribution in [0.2, 0.25) is 0 Å². The first kappa shape index (κ1) is 16.8. The normalized spacial score (nSPS) is 12.8. The van der Waals surface area contributed by atoms with Gasteiger partial charge in [0.05, 0.1) is 5.56 Å². The molecule has 1 amide bonds. The molecule has 0 aliphatic rings. The number of para-hydroxylation sites is 1. The Balaban J connectivity index is 2.69. The maximum absolute atomic E-state index is 12.1. The van der Waals surface area contributed by atoms with E-state index in [1.165, 1.54) is 0 Å². The Hall–Kier alpha value is -2.24. The van der Waals surface area contributed by atoms with Crippen LogP contribution >= 0.6 is 0 Å². The number of nitrogens with two attached hydrogens (primary N) is 1. The Bertz CT molecular complexity index is 503. The molecule has 6 heteroatoms. The van der Waals surface area contributed by atoms with Crippen molar-refractivity contribution in [2.24, 2.45) is 10.9 Å². The van der Waals surface area contributed by atoms with E-state index in [1.807, 2.05) is 6.92 Å². The van der Waals surface area contributed by atoms with Gasteiger partial charge < -0.3 is 20.6 Å². The summed E-state index contributed by atoms with van der Waals surface area (Å²) < 4.78 is 5.51. The quantitative estimate of drug-likeness (QED) is 0.347. The van der Waals surface area contributed by atoms with E-state index in [1.54, 1.807) is 36.2 Å². The summed E-state index contributed by atoms with van der Waals surface area (Å²) in [6.07, 6.45) is 1.97. The first-order valence-electron chi connectivity index (χ1n) is 6.96. The van der Waals surface area contributed by atoms with Crippen molar-refractivity contribution < 1.29 is 14.7 Å². The Morgan fingerprint density at radius 1 is 1.48 bits per heavy atom. The van der Waals surface area contributed by atoms with Gasteiger partial charge >= 0.3 is 0 Å². The lowest BCUT2D eigenvalue weighted by molar-refractivity contribution is -0.133. The van der Waals surface area contributed by atoms with Crippen LogP contribution in [0, 0.1) is 0 Å². The number of hydrogen-bond donors (Lipinski definition) is 2. The van der Waals surface area contributed by atoms with Gasteiger partial charge in [-0.05, 0) is 25.5 Å². The van der Waals surface area contributed by atoms with Crippen molar-refractivity contribution in [1.82, 2.24) is 4.90 Å². The van der Waals surface area contributed by atoms with Crippen LogP contribution in [0.25, 0.3) is 0 Å². The summed E-state index contributed by atoms with van der Waals surface area (Å²) in [7, 11) is 1.77. The fraction of sp³-hybridized carbons (Fsp3) is 0.467. The highest BCUT2D eigenvalue weighted by molar-refractivity contribution is 5.99. The van der Waals surface area contributed by atoms with Crippen LogP contribution in [-0.4, -0.2) is 41.5 Å². The predicted octanol–water partition coefficient (Wildman–Crippen LogP) is 1.81. The summed E-state index contributed by atoms with van der Waals surface area (Å²) in [5.74, 6) is 0.258. The van der Waals surface area contributed by atoms with Crippen molar-refractivity contribution in [2.45, 2.75) is 32.7 Å². The smallest absolute Gasteiger partial charge is 0.260 e. The van der Waals surface area contributed by atoms with Gasteiger partial charge in [-0.25, -0.2) is 0 Å². The van der Waals surface area contributed by atoms with Crippen LogP contribution in [0.15, 0.2) is 29.4 Å². The number of ether oxygens (including phenoxy) is 1. The number of hydrogen-bond acceptors (Lipinski definition) is 4. The molecule has 0 radical (unpaired) electrons. The Morgan fingerprint density at radius 3 is 2.76 bits per heavy atom. The van der Waals surface area contributed by atoms with Crippen LogP contribution in [0.1, 0.15) is 32.3 Å². The van der Waals surface area contributed by atoms with E-state index in [0.29, 0.717) is 11.3 Å². The van der Waals surface area contributed by atoms with Gasteiger partial charge in [0.1, 0.15) is 5.75 Å². The van der Waals surface area contributed by atoms with Crippen molar-refractivity contribution in [3.63, 3.8) is 0 Å². The minimum atomic E-state index is -0.106. The number of rotatable bonds is 7. The third-order valence-electron chi connectivity index (χ3n) is 3.38. The molecule has 0 aliphatic heterocycles. The molecule has 3 N–H and O–H groups in total. The predicted molar refractivity (Wildman–Crippen MR) is 81.6 cm³/mol. The molecule has 0 aliphatic carbocycles. The zero-order chi connectivity index (χ0) is 15.8. The number of amides is 1. The van der Waals surface area contributed by atoms with Crippen LogP contribution in [0.5, 0.6) is 5.75 Å². The number of oxime groups is 1.